The lowest BCUT2D eigenvalue weighted by Crippen LogP contribution is -2.60. The Bertz CT molecular complexity index is 630. The number of hydrogen-bond donors (Lipinski definition) is 3. The molecule has 9 heteroatoms. The third-order valence-corrected chi connectivity index (χ3v) is 5.54. The van der Waals surface area contributed by atoms with E-state index in [2.05, 4.69) is 5.32 Å². The van der Waals surface area contributed by atoms with Crippen molar-refractivity contribution in [3.63, 3.8) is 0 Å². The molecule has 0 aliphatic carbocycles. The number of benzene rings is 1. The van der Waals surface area contributed by atoms with Gasteiger partial charge in [0.25, 0.3) is 0 Å². The molecule has 1 aromatic rings. The van der Waals surface area contributed by atoms with Crippen LogP contribution in [0.5, 0.6) is 0 Å². The maximum Gasteiger partial charge on any atom is 0.335 e. The monoisotopic (exact) mass is 401 g/mol. The molecule has 0 aromatic heterocycles. The predicted octanol–water partition coefficient (Wildman–Crippen LogP) is 1.13. The number of carboxylic acid groups (broad SMARTS) is 1. The first-order chi connectivity index (χ1) is 13.0. The van der Waals surface area contributed by atoms with Crippen LogP contribution >= 0.6 is 8.46 Å². The number of rotatable bonds is 10. The molecule has 1 aromatic carbocycles. The van der Waals surface area contributed by atoms with Gasteiger partial charge in [-0.15, -0.1) is 0 Å². The number of ether oxygens (including phenoxy) is 3. The summed E-state index contributed by atoms with van der Waals surface area (Å²) in [5, 5.41) is 21.7. The minimum atomic E-state index is -1.73. The largest absolute Gasteiger partial charge is 0.478 e. The van der Waals surface area contributed by atoms with Gasteiger partial charge in [-0.1, -0.05) is 18.2 Å². The molecule has 4 atom stereocenters. The van der Waals surface area contributed by atoms with Crippen LogP contribution in [0.3, 0.4) is 0 Å². The van der Waals surface area contributed by atoms with Crippen LogP contribution < -0.4 is 5.32 Å². The Morgan fingerprint density at radius 2 is 2.04 bits per heavy atom. The Labute approximate surface area is 160 Å². The predicted molar refractivity (Wildman–Crippen MR) is 101 cm³/mol. The lowest BCUT2D eigenvalue weighted by Gasteiger charge is -2.41. The van der Waals surface area contributed by atoms with E-state index >= 15 is 0 Å². The van der Waals surface area contributed by atoms with Gasteiger partial charge in [0.1, 0.15) is 14.6 Å². The van der Waals surface area contributed by atoms with Gasteiger partial charge in [-0.05, 0) is 31.9 Å². The minimum absolute atomic E-state index is 0.120. The SMILES string of the molecule is CCOC(OCC)C(O)([PH2]=O)[C@@H]1CN[C@H](Cc2ccccc2C(=O)O)CO1. The van der Waals surface area contributed by atoms with Crippen LogP contribution in [0.4, 0.5) is 0 Å². The molecule has 8 nitrogen and oxygen atoms in total. The van der Waals surface area contributed by atoms with Crippen LogP contribution in [0, 0.1) is 0 Å². The van der Waals surface area contributed by atoms with Gasteiger partial charge in [-0.3, -0.25) is 0 Å². The number of hydrogen-bond acceptors (Lipinski definition) is 7. The maximum atomic E-state index is 11.8. The van der Waals surface area contributed by atoms with Crippen molar-refractivity contribution in [3.05, 3.63) is 35.4 Å². The molecule has 0 radical (unpaired) electrons. The lowest BCUT2D eigenvalue weighted by molar-refractivity contribution is -0.238. The van der Waals surface area contributed by atoms with Crippen molar-refractivity contribution in [1.29, 1.82) is 0 Å². The van der Waals surface area contributed by atoms with E-state index in [1.807, 2.05) is 0 Å². The van der Waals surface area contributed by atoms with E-state index in [9.17, 15) is 19.6 Å². The third kappa shape index (κ3) is 5.38. The van der Waals surface area contributed by atoms with E-state index in [4.69, 9.17) is 14.2 Å². The van der Waals surface area contributed by atoms with Gasteiger partial charge in [-0.2, -0.15) is 0 Å². The Kier molecular flexibility index (Phi) is 8.41. The first-order valence-corrected chi connectivity index (χ1v) is 10.1. The first kappa shape index (κ1) is 22.0. The van der Waals surface area contributed by atoms with Gasteiger partial charge in [0.05, 0.1) is 12.2 Å². The fourth-order valence-corrected chi connectivity index (χ4v) is 3.79. The second kappa shape index (κ2) is 10.3. The van der Waals surface area contributed by atoms with Crippen molar-refractivity contribution in [2.24, 2.45) is 0 Å². The highest BCUT2D eigenvalue weighted by atomic mass is 31.1. The zero-order valence-electron chi connectivity index (χ0n) is 15.6. The molecule has 0 amide bonds. The van der Waals surface area contributed by atoms with Crippen LogP contribution in [0.2, 0.25) is 0 Å². The zero-order valence-corrected chi connectivity index (χ0v) is 16.7. The molecule has 1 fully saturated rings. The van der Waals surface area contributed by atoms with Crippen molar-refractivity contribution in [3.8, 4) is 0 Å². The summed E-state index contributed by atoms with van der Waals surface area (Å²) < 4.78 is 28.5. The number of carboxylic acids is 1. The topological polar surface area (TPSA) is 114 Å². The van der Waals surface area contributed by atoms with Crippen LogP contribution in [-0.2, 0) is 25.2 Å². The molecule has 2 unspecified atom stereocenters. The summed E-state index contributed by atoms with van der Waals surface area (Å²) in [4.78, 5) is 11.3. The Morgan fingerprint density at radius 1 is 1.37 bits per heavy atom. The van der Waals surface area contributed by atoms with Gasteiger partial charge in [0, 0.05) is 25.8 Å². The molecular formula is C18H28NO7P. The van der Waals surface area contributed by atoms with Crippen molar-refractivity contribution < 1.29 is 33.8 Å². The summed E-state index contributed by atoms with van der Waals surface area (Å²) in [6.07, 6.45) is -1.31. The molecule has 0 saturated carbocycles. The van der Waals surface area contributed by atoms with Crippen LogP contribution in [0.15, 0.2) is 24.3 Å². The molecule has 152 valence electrons. The molecule has 1 saturated heterocycles. The first-order valence-electron chi connectivity index (χ1n) is 9.04. The summed E-state index contributed by atoms with van der Waals surface area (Å²) in [5.74, 6) is -0.971. The maximum absolute atomic E-state index is 11.8. The third-order valence-electron chi connectivity index (χ3n) is 4.52. The molecule has 0 spiro atoms. The lowest BCUT2D eigenvalue weighted by atomic mass is 9.99. The zero-order chi connectivity index (χ0) is 19.9. The quantitative estimate of drug-likeness (QED) is 0.395. The average Bonchev–Trinajstić information content (AvgIpc) is 2.68. The van der Waals surface area contributed by atoms with Crippen LogP contribution in [0.1, 0.15) is 29.8 Å². The molecule has 1 aliphatic heterocycles. The molecule has 1 aliphatic rings. The second-order valence-corrected chi connectivity index (χ2v) is 7.50. The fraction of sp³-hybridized carbons (Fsp3) is 0.611. The fourth-order valence-electron chi connectivity index (χ4n) is 3.13. The molecule has 2 rings (SSSR count). The second-order valence-electron chi connectivity index (χ2n) is 6.34. The Hall–Kier alpha value is -1.28. The average molecular weight is 401 g/mol. The van der Waals surface area contributed by atoms with E-state index in [1.54, 1.807) is 38.1 Å². The van der Waals surface area contributed by atoms with Crippen molar-refractivity contribution in [2.45, 2.75) is 44.0 Å². The summed E-state index contributed by atoms with van der Waals surface area (Å²) in [7, 11) is -1.64. The molecule has 3 N–H and O–H groups in total. The highest BCUT2D eigenvalue weighted by molar-refractivity contribution is 7.25. The highest BCUT2D eigenvalue weighted by Crippen LogP contribution is 2.34. The van der Waals surface area contributed by atoms with E-state index < -0.39 is 32.2 Å². The number of nitrogens with one attached hydrogen (secondary N) is 1. The summed E-state index contributed by atoms with van der Waals surface area (Å²) in [6, 6.07) is 6.70. The van der Waals surface area contributed by atoms with Gasteiger partial charge in [0.15, 0.2) is 11.6 Å². The number of morpholine rings is 1. The van der Waals surface area contributed by atoms with E-state index in [0.29, 0.717) is 25.2 Å². The Morgan fingerprint density at radius 3 is 2.56 bits per heavy atom. The molecule has 1 heterocycles. The van der Waals surface area contributed by atoms with Crippen molar-refractivity contribution in [2.75, 3.05) is 26.4 Å². The van der Waals surface area contributed by atoms with E-state index in [-0.39, 0.29) is 24.8 Å². The molecular weight excluding hydrogens is 373 g/mol. The Balaban J connectivity index is 2.03. The molecule has 0 bridgehead atoms. The number of carbonyl (C=O) groups is 1. The van der Waals surface area contributed by atoms with Gasteiger partial charge >= 0.3 is 5.97 Å². The van der Waals surface area contributed by atoms with Crippen LogP contribution in [0.25, 0.3) is 0 Å². The molecule has 27 heavy (non-hydrogen) atoms. The van der Waals surface area contributed by atoms with Gasteiger partial charge < -0.3 is 34.3 Å². The van der Waals surface area contributed by atoms with Gasteiger partial charge in [0.2, 0.25) is 0 Å². The number of aliphatic hydroxyl groups is 1. The van der Waals surface area contributed by atoms with Crippen molar-refractivity contribution >= 4 is 14.4 Å². The van der Waals surface area contributed by atoms with E-state index in [1.165, 1.54) is 0 Å². The van der Waals surface area contributed by atoms with Crippen molar-refractivity contribution in [1.82, 2.24) is 5.32 Å². The highest BCUT2D eigenvalue weighted by Gasteiger charge is 2.47. The number of aromatic carboxylic acids is 1. The summed E-state index contributed by atoms with van der Waals surface area (Å²) in [5.41, 5.74) is 0.963. The van der Waals surface area contributed by atoms with Gasteiger partial charge in [-0.25, -0.2) is 4.79 Å². The normalized spacial score (nSPS) is 23.0. The summed E-state index contributed by atoms with van der Waals surface area (Å²) >= 11 is 0. The minimum Gasteiger partial charge on any atom is -0.478 e. The smallest absolute Gasteiger partial charge is 0.335 e. The van der Waals surface area contributed by atoms with E-state index in [0.717, 1.165) is 0 Å². The van der Waals surface area contributed by atoms with Crippen LogP contribution in [-0.4, -0.2) is 66.3 Å². The standard InChI is InChI=1S/C18H28NO7P/c1-3-24-17(25-4-2)18(22,27-23)15-10-19-13(11-26-15)9-12-7-5-6-8-14(12)16(20)21/h5-8,13,15,17,19,22H,3-4,9-11,27H2,1-2H3,(H,20,21)/t13-,15+,18?/m1/s1. The summed E-state index contributed by atoms with van der Waals surface area (Å²) in [6.45, 7) is 4.64.